The van der Waals surface area contributed by atoms with Gasteiger partial charge in [0.2, 0.25) is 0 Å². The van der Waals surface area contributed by atoms with Gasteiger partial charge in [-0.2, -0.15) is 0 Å². The van der Waals surface area contributed by atoms with E-state index in [4.69, 9.17) is 0 Å². The molecule has 0 bridgehead atoms. The number of ketones is 1. The Morgan fingerprint density at radius 1 is 0.850 bits per heavy atom. The highest BCUT2D eigenvalue weighted by atomic mass is 16.1. The fourth-order valence-corrected chi connectivity index (χ4v) is 2.48. The van der Waals surface area contributed by atoms with Crippen molar-refractivity contribution in [2.24, 2.45) is 4.99 Å². The van der Waals surface area contributed by atoms with Crippen molar-refractivity contribution in [2.75, 3.05) is 0 Å². The number of carbonyl (C=O) groups excluding carboxylic acids is 1. The fraction of sp³-hybridized carbons (Fsp3) is 0.111. The molecule has 0 spiro atoms. The van der Waals surface area contributed by atoms with Crippen molar-refractivity contribution in [3.05, 3.63) is 71.9 Å². The van der Waals surface area contributed by atoms with Crippen LogP contribution in [-0.2, 0) is 11.2 Å². The molecular weight excluding hydrogens is 246 g/mol. The second-order valence-electron chi connectivity index (χ2n) is 4.81. The molecule has 2 nitrogen and oxygen atoms in total. The minimum atomic E-state index is 0.134. The van der Waals surface area contributed by atoms with Gasteiger partial charge in [0.15, 0.2) is 5.78 Å². The van der Waals surface area contributed by atoms with Gasteiger partial charge in [0, 0.05) is 18.8 Å². The minimum absolute atomic E-state index is 0.134. The normalized spacial score (nSPS) is 14.3. The van der Waals surface area contributed by atoms with E-state index < -0.39 is 0 Å². The van der Waals surface area contributed by atoms with Crippen molar-refractivity contribution < 1.29 is 4.79 Å². The Hall–Kier alpha value is -2.48. The van der Waals surface area contributed by atoms with E-state index in [2.05, 4.69) is 53.5 Å². The zero-order valence-corrected chi connectivity index (χ0v) is 11.1. The molecule has 0 fully saturated rings. The minimum Gasteiger partial charge on any atom is -0.294 e. The van der Waals surface area contributed by atoms with Gasteiger partial charge in [0.1, 0.15) is 0 Å². The van der Waals surface area contributed by atoms with Crippen molar-refractivity contribution in [1.82, 2.24) is 0 Å². The maximum atomic E-state index is 10.3. The zero-order valence-electron chi connectivity index (χ0n) is 11.1. The van der Waals surface area contributed by atoms with Gasteiger partial charge in [-0.3, -0.25) is 9.79 Å². The van der Waals surface area contributed by atoms with E-state index in [1.807, 2.05) is 0 Å². The molecule has 2 aliphatic rings. The fourth-order valence-electron chi connectivity index (χ4n) is 2.48. The second kappa shape index (κ2) is 5.66. The van der Waals surface area contributed by atoms with Crippen LogP contribution in [0.4, 0.5) is 0 Å². The van der Waals surface area contributed by atoms with Crippen LogP contribution in [0.3, 0.4) is 0 Å². The van der Waals surface area contributed by atoms with Gasteiger partial charge in [0.25, 0.3) is 0 Å². The first-order valence-corrected chi connectivity index (χ1v) is 6.72. The van der Waals surface area contributed by atoms with Crippen LogP contribution in [0, 0.1) is 0 Å². The predicted octanol–water partition coefficient (Wildman–Crippen LogP) is 3.80. The lowest BCUT2D eigenvalue weighted by Crippen LogP contribution is -1.95. The monoisotopic (exact) mass is 261 g/mol. The standard InChI is InChI=1S/C13H10.C5H5NO/c1-3-7-12-10(5-1)9-11-6-2-4-8-13(11)12;7-5-1-3-6-4-2-5/h1-8H,9H2;1,3-4H,2H2. The largest absolute Gasteiger partial charge is 0.294 e. The van der Waals surface area contributed by atoms with Gasteiger partial charge >= 0.3 is 0 Å². The average molecular weight is 261 g/mol. The van der Waals surface area contributed by atoms with Gasteiger partial charge in [-0.15, -0.1) is 0 Å². The Morgan fingerprint density at radius 2 is 1.45 bits per heavy atom. The van der Waals surface area contributed by atoms with E-state index >= 15 is 0 Å². The molecule has 0 radical (unpaired) electrons. The summed E-state index contributed by atoms with van der Waals surface area (Å²) in [5, 5.41) is 0. The Morgan fingerprint density at radius 3 is 1.90 bits per heavy atom. The predicted molar refractivity (Wildman–Crippen MR) is 81.9 cm³/mol. The Kier molecular flexibility index (Phi) is 3.55. The van der Waals surface area contributed by atoms with Gasteiger partial charge in [-0.25, -0.2) is 0 Å². The first kappa shape index (κ1) is 12.5. The summed E-state index contributed by atoms with van der Waals surface area (Å²) in [6.07, 6.45) is 6.15. The third kappa shape index (κ3) is 2.59. The van der Waals surface area contributed by atoms with E-state index in [1.165, 1.54) is 34.5 Å². The number of hydrogen-bond acceptors (Lipinski definition) is 2. The molecule has 2 heteroatoms. The van der Waals surface area contributed by atoms with E-state index in [0.717, 1.165) is 6.42 Å². The molecule has 98 valence electrons. The van der Waals surface area contributed by atoms with Crippen molar-refractivity contribution in [3.63, 3.8) is 0 Å². The number of hydrogen-bond donors (Lipinski definition) is 0. The molecule has 0 aromatic heterocycles. The summed E-state index contributed by atoms with van der Waals surface area (Å²) in [6, 6.07) is 17.3. The number of allylic oxidation sites excluding steroid dienone is 1. The average Bonchev–Trinajstić information content (AvgIpc) is 2.87. The van der Waals surface area contributed by atoms with E-state index in [9.17, 15) is 4.79 Å². The molecular formula is C18H15NO. The number of nitrogens with zero attached hydrogens (tertiary/aromatic N) is 1. The molecule has 2 aromatic rings. The third-order valence-corrected chi connectivity index (χ3v) is 3.45. The Balaban J connectivity index is 0.000000147. The van der Waals surface area contributed by atoms with Gasteiger partial charge in [-0.05, 0) is 34.8 Å². The van der Waals surface area contributed by atoms with Gasteiger partial charge < -0.3 is 0 Å². The Bertz CT molecular complexity index is 655. The molecule has 0 N–H and O–H groups in total. The first-order valence-electron chi connectivity index (χ1n) is 6.72. The topological polar surface area (TPSA) is 29.4 Å². The zero-order chi connectivity index (χ0) is 13.8. The summed E-state index contributed by atoms with van der Waals surface area (Å²) in [4.78, 5) is 14.0. The second-order valence-corrected chi connectivity index (χ2v) is 4.81. The molecule has 1 heterocycles. The summed E-state index contributed by atoms with van der Waals surface area (Å²) in [7, 11) is 0. The maximum Gasteiger partial charge on any atom is 0.162 e. The van der Waals surface area contributed by atoms with Crippen LogP contribution >= 0.6 is 0 Å². The highest BCUT2D eigenvalue weighted by Crippen LogP contribution is 2.35. The lowest BCUT2D eigenvalue weighted by atomic mass is 10.1. The van der Waals surface area contributed by atoms with E-state index in [0.29, 0.717) is 6.42 Å². The molecule has 0 saturated heterocycles. The molecule has 4 rings (SSSR count). The highest BCUT2D eigenvalue weighted by Gasteiger charge is 2.15. The van der Waals surface area contributed by atoms with Gasteiger partial charge in [0.05, 0.1) is 0 Å². The number of rotatable bonds is 0. The smallest absolute Gasteiger partial charge is 0.162 e. The molecule has 2 aromatic carbocycles. The van der Waals surface area contributed by atoms with Crippen molar-refractivity contribution in [1.29, 1.82) is 0 Å². The van der Waals surface area contributed by atoms with Crippen LogP contribution in [0.2, 0.25) is 0 Å². The highest BCUT2D eigenvalue weighted by molar-refractivity contribution is 6.00. The summed E-state index contributed by atoms with van der Waals surface area (Å²) < 4.78 is 0. The summed E-state index contributed by atoms with van der Waals surface area (Å²) >= 11 is 0. The number of benzene rings is 2. The van der Waals surface area contributed by atoms with Crippen LogP contribution in [0.1, 0.15) is 17.5 Å². The number of carbonyl (C=O) groups is 1. The summed E-state index contributed by atoms with van der Waals surface area (Å²) in [5.41, 5.74) is 5.75. The first-order chi connectivity index (χ1) is 9.84. The number of fused-ring (bicyclic) bond motifs is 3. The van der Waals surface area contributed by atoms with Crippen molar-refractivity contribution >= 4 is 12.0 Å². The number of aliphatic imine (C=N–C) groups is 1. The molecule has 20 heavy (non-hydrogen) atoms. The van der Waals surface area contributed by atoms with Crippen LogP contribution in [-0.4, -0.2) is 12.0 Å². The summed E-state index contributed by atoms with van der Waals surface area (Å²) in [6.45, 7) is 0. The molecule has 0 unspecified atom stereocenters. The molecule has 0 amide bonds. The molecule has 1 aliphatic heterocycles. The van der Waals surface area contributed by atoms with Gasteiger partial charge in [-0.1, -0.05) is 48.5 Å². The van der Waals surface area contributed by atoms with Crippen molar-refractivity contribution in [3.8, 4) is 11.1 Å². The van der Waals surface area contributed by atoms with E-state index in [1.54, 1.807) is 6.21 Å². The third-order valence-electron chi connectivity index (χ3n) is 3.45. The molecule has 0 saturated carbocycles. The molecule has 1 aliphatic carbocycles. The van der Waals surface area contributed by atoms with Crippen LogP contribution < -0.4 is 0 Å². The molecule has 0 atom stereocenters. The quantitative estimate of drug-likeness (QED) is 0.605. The maximum absolute atomic E-state index is 10.3. The van der Waals surface area contributed by atoms with E-state index in [-0.39, 0.29) is 5.78 Å². The lowest BCUT2D eigenvalue weighted by molar-refractivity contribution is -0.113. The van der Waals surface area contributed by atoms with Crippen molar-refractivity contribution in [2.45, 2.75) is 12.8 Å². The van der Waals surface area contributed by atoms with Crippen LogP contribution in [0.5, 0.6) is 0 Å². The Labute approximate surface area is 118 Å². The SMILES string of the molecule is O=C1C=CN=CC1.c1ccc2c(c1)Cc1ccccc1-2. The lowest BCUT2D eigenvalue weighted by Gasteiger charge is -1.98. The van der Waals surface area contributed by atoms with Crippen LogP contribution in [0.25, 0.3) is 11.1 Å². The summed E-state index contributed by atoms with van der Waals surface area (Å²) in [5.74, 6) is 0.134. The van der Waals surface area contributed by atoms with Crippen LogP contribution in [0.15, 0.2) is 65.8 Å².